The Bertz CT molecular complexity index is 1330. The van der Waals surface area contributed by atoms with Crippen molar-refractivity contribution in [3.63, 3.8) is 0 Å². The second-order valence-electron chi connectivity index (χ2n) is 8.81. The van der Waals surface area contributed by atoms with Crippen molar-refractivity contribution >= 4 is 34.8 Å². The van der Waals surface area contributed by atoms with Gasteiger partial charge >= 0.3 is 218 Å². The van der Waals surface area contributed by atoms with Crippen LogP contribution in [0.4, 0.5) is 4.39 Å². The van der Waals surface area contributed by atoms with Crippen LogP contribution < -0.4 is 20.7 Å². The molecule has 0 aliphatic carbocycles. The molecular formula is C32H27ClFOP. The van der Waals surface area contributed by atoms with Crippen LogP contribution in [0.3, 0.4) is 0 Å². The summed E-state index contributed by atoms with van der Waals surface area (Å²) in [4.78, 5) is 0. The van der Waals surface area contributed by atoms with Gasteiger partial charge in [0.1, 0.15) is 0 Å². The third-order valence-corrected chi connectivity index (χ3v) is 11.9. The molecule has 5 aromatic rings. The van der Waals surface area contributed by atoms with Crippen molar-refractivity contribution in [3.8, 4) is 5.75 Å². The van der Waals surface area contributed by atoms with Crippen LogP contribution in [0, 0.1) is 5.82 Å². The number of rotatable bonds is 8. The topological polar surface area (TPSA) is 9.23 Å². The van der Waals surface area contributed by atoms with Crippen molar-refractivity contribution in [2.75, 3.05) is 0 Å². The van der Waals surface area contributed by atoms with Crippen LogP contribution in [-0.2, 0) is 12.8 Å². The first kappa shape index (κ1) is 24.3. The Morgan fingerprint density at radius 1 is 0.583 bits per heavy atom. The molecule has 0 unspecified atom stereocenters. The van der Waals surface area contributed by atoms with E-state index in [0.717, 1.165) is 11.1 Å². The molecule has 0 aliphatic rings. The normalized spacial score (nSPS) is 11.7. The van der Waals surface area contributed by atoms with Gasteiger partial charge in [-0.05, 0) is 0 Å². The van der Waals surface area contributed by atoms with Crippen LogP contribution in [0.15, 0.2) is 133 Å². The van der Waals surface area contributed by atoms with E-state index >= 15 is 0 Å². The molecule has 0 amide bonds. The van der Waals surface area contributed by atoms with Crippen LogP contribution in [0.5, 0.6) is 5.75 Å². The molecule has 0 N–H and O–H groups in total. The third-order valence-electron chi connectivity index (χ3n) is 6.62. The number of hydrogen-bond acceptors (Lipinski definition) is 1. The van der Waals surface area contributed by atoms with Gasteiger partial charge in [0.15, 0.2) is 0 Å². The third kappa shape index (κ3) is 5.07. The summed E-state index contributed by atoms with van der Waals surface area (Å²) in [6.45, 7) is 0.314. The Kier molecular flexibility index (Phi) is 7.47. The molecule has 0 fully saturated rings. The van der Waals surface area contributed by atoms with Crippen molar-refractivity contribution in [3.05, 3.63) is 155 Å². The summed E-state index contributed by atoms with van der Waals surface area (Å²) in [7, 11) is -2.61. The molecule has 0 spiro atoms. The monoisotopic (exact) mass is 512 g/mol. The van der Waals surface area contributed by atoms with E-state index in [-0.39, 0.29) is 5.82 Å². The molecule has 0 radical (unpaired) electrons. The van der Waals surface area contributed by atoms with E-state index < -0.39 is 7.26 Å². The Morgan fingerprint density at radius 2 is 1.08 bits per heavy atom. The van der Waals surface area contributed by atoms with Gasteiger partial charge in [-0.1, -0.05) is 0 Å². The van der Waals surface area contributed by atoms with Crippen LogP contribution in [0.25, 0.3) is 0 Å². The van der Waals surface area contributed by atoms with Gasteiger partial charge in [-0.25, -0.2) is 0 Å². The molecule has 0 aromatic heterocycles. The molecule has 0 aliphatic heterocycles. The molecule has 180 valence electrons. The Hall–Kier alpha value is -3.45. The van der Waals surface area contributed by atoms with E-state index in [2.05, 4.69) is 72.8 Å². The molecule has 0 saturated heterocycles. The minimum absolute atomic E-state index is 0.271. The summed E-state index contributed by atoms with van der Waals surface area (Å²) >= 11 is 6.37. The predicted octanol–water partition coefficient (Wildman–Crippen LogP) is 7.28. The first-order valence-electron chi connectivity index (χ1n) is 12.0. The summed E-state index contributed by atoms with van der Waals surface area (Å²) < 4.78 is 21.0. The molecule has 0 bridgehead atoms. The Labute approximate surface area is 217 Å². The van der Waals surface area contributed by atoms with Gasteiger partial charge < -0.3 is 0 Å². The first-order chi connectivity index (χ1) is 17.7. The van der Waals surface area contributed by atoms with Crippen molar-refractivity contribution in [1.29, 1.82) is 0 Å². The van der Waals surface area contributed by atoms with Gasteiger partial charge in [-0.2, -0.15) is 0 Å². The molecule has 1 nitrogen and oxygen atoms in total. The van der Waals surface area contributed by atoms with E-state index in [4.69, 9.17) is 16.3 Å². The van der Waals surface area contributed by atoms with Gasteiger partial charge in [0.25, 0.3) is 0 Å². The second-order valence-corrected chi connectivity index (χ2v) is 13.1. The van der Waals surface area contributed by atoms with Crippen molar-refractivity contribution in [2.45, 2.75) is 12.8 Å². The fourth-order valence-electron chi connectivity index (χ4n) is 4.86. The molecule has 4 heteroatoms. The van der Waals surface area contributed by atoms with E-state index in [0.29, 0.717) is 23.5 Å². The number of hydrogen-bond donors (Lipinski definition) is 0. The predicted molar refractivity (Wildman–Crippen MR) is 152 cm³/mol. The summed E-state index contributed by atoms with van der Waals surface area (Å²) in [6, 6.07) is 44.3. The standard InChI is InChI=1S/C32H27ClFOP/c33-31-19-11-10-12-25(31)23-35-32-21-20-27(34)22-26(32)24-36(28-13-4-1-5-14-28,29-15-6-2-7-16-29)30-17-8-3-9-18-30/h1-22,36H,23-24H2. The summed E-state index contributed by atoms with van der Waals surface area (Å²) in [5.74, 6) is 0.406. The van der Waals surface area contributed by atoms with Crippen LogP contribution >= 0.6 is 18.9 Å². The molecule has 5 aromatic carbocycles. The molecule has 0 saturated carbocycles. The van der Waals surface area contributed by atoms with Gasteiger partial charge in [0.05, 0.1) is 0 Å². The Morgan fingerprint density at radius 3 is 1.61 bits per heavy atom. The van der Waals surface area contributed by atoms with Crippen molar-refractivity contribution in [1.82, 2.24) is 0 Å². The van der Waals surface area contributed by atoms with E-state index in [1.54, 1.807) is 12.1 Å². The minimum atomic E-state index is -2.61. The molecule has 0 heterocycles. The zero-order chi connectivity index (χ0) is 24.8. The average Bonchev–Trinajstić information content (AvgIpc) is 2.93. The summed E-state index contributed by atoms with van der Waals surface area (Å²) in [5, 5.41) is 4.46. The van der Waals surface area contributed by atoms with E-state index in [9.17, 15) is 4.39 Å². The maximum atomic E-state index is 14.7. The van der Waals surface area contributed by atoms with Crippen LogP contribution in [0.2, 0.25) is 5.02 Å². The molecule has 5 rings (SSSR count). The number of halogens is 2. The van der Waals surface area contributed by atoms with Gasteiger partial charge in [0, 0.05) is 0 Å². The van der Waals surface area contributed by atoms with Crippen molar-refractivity contribution < 1.29 is 9.13 Å². The van der Waals surface area contributed by atoms with Crippen LogP contribution in [-0.4, -0.2) is 0 Å². The molecular weight excluding hydrogens is 486 g/mol. The van der Waals surface area contributed by atoms with E-state index in [1.165, 1.54) is 22.0 Å². The number of benzene rings is 5. The van der Waals surface area contributed by atoms with Crippen molar-refractivity contribution in [2.24, 2.45) is 0 Å². The maximum absolute atomic E-state index is 14.7. The van der Waals surface area contributed by atoms with E-state index in [1.807, 2.05) is 42.5 Å². The van der Waals surface area contributed by atoms with Gasteiger partial charge in [-0.15, -0.1) is 0 Å². The molecule has 0 atom stereocenters. The fourth-order valence-corrected chi connectivity index (χ4v) is 9.79. The summed E-state index contributed by atoms with van der Waals surface area (Å²) in [5.41, 5.74) is 1.75. The summed E-state index contributed by atoms with van der Waals surface area (Å²) in [6.07, 6.45) is 0.653. The first-order valence-corrected chi connectivity index (χ1v) is 14.6. The van der Waals surface area contributed by atoms with Crippen LogP contribution in [0.1, 0.15) is 11.1 Å². The number of ether oxygens (including phenoxy) is 1. The zero-order valence-electron chi connectivity index (χ0n) is 19.8. The zero-order valence-corrected chi connectivity index (χ0v) is 21.5. The Balaban J connectivity index is 1.65. The second kappa shape index (κ2) is 11.1. The van der Waals surface area contributed by atoms with Gasteiger partial charge in [0.2, 0.25) is 0 Å². The fraction of sp³-hybridized carbons (Fsp3) is 0.0625. The molecule has 36 heavy (non-hydrogen) atoms. The van der Waals surface area contributed by atoms with Gasteiger partial charge in [-0.3, -0.25) is 0 Å². The quantitative estimate of drug-likeness (QED) is 0.198. The average molecular weight is 513 g/mol. The SMILES string of the molecule is Fc1ccc(OCc2ccccc2Cl)c(C[PH](c2ccccc2)(c2ccccc2)c2ccccc2)c1.